The number of halogens is 1. The number of aliphatic imine (C=N–C) groups is 1. The van der Waals surface area contributed by atoms with Crippen molar-refractivity contribution in [2.24, 2.45) is 4.99 Å². The summed E-state index contributed by atoms with van der Waals surface area (Å²) < 4.78 is 28.1. The van der Waals surface area contributed by atoms with Gasteiger partial charge in [-0.1, -0.05) is 41.4 Å². The molecule has 1 aliphatic heterocycles. The van der Waals surface area contributed by atoms with Crippen LogP contribution in [0.2, 0.25) is 5.02 Å². The third-order valence-corrected chi connectivity index (χ3v) is 7.50. The molecule has 0 saturated carbocycles. The number of nitrogens with zero attached hydrogens (tertiary/aromatic N) is 2. The number of hydrogen-bond donors (Lipinski definition) is 2. The maximum atomic E-state index is 13.5. The van der Waals surface area contributed by atoms with E-state index in [0.29, 0.717) is 23.4 Å². The van der Waals surface area contributed by atoms with Crippen LogP contribution in [-0.4, -0.2) is 30.3 Å². The summed E-state index contributed by atoms with van der Waals surface area (Å²) in [6, 6.07) is 15.5. The molecule has 0 unspecified atom stereocenters. The van der Waals surface area contributed by atoms with Crippen molar-refractivity contribution < 1.29 is 13.5 Å². The van der Waals surface area contributed by atoms with E-state index in [9.17, 15) is 13.5 Å². The third kappa shape index (κ3) is 3.43. The monoisotopic (exact) mass is 465 g/mol. The Labute approximate surface area is 190 Å². The van der Waals surface area contributed by atoms with Gasteiger partial charge in [-0.2, -0.15) is 0 Å². The molecule has 0 atom stereocenters. The molecule has 1 aromatic heterocycles. The summed E-state index contributed by atoms with van der Waals surface area (Å²) >= 11 is 5.93. The summed E-state index contributed by atoms with van der Waals surface area (Å²) in [6.45, 7) is 2.57. The van der Waals surface area contributed by atoms with E-state index in [4.69, 9.17) is 11.6 Å². The lowest BCUT2D eigenvalue weighted by molar-refractivity contribution is 0.481. The first kappa shape index (κ1) is 20.6. The quantitative estimate of drug-likeness (QED) is 0.318. The zero-order valence-corrected chi connectivity index (χ0v) is 18.8. The predicted octanol–water partition coefficient (Wildman–Crippen LogP) is 5.26. The minimum Gasteiger partial charge on any atom is -0.504 e. The van der Waals surface area contributed by atoms with Gasteiger partial charge in [-0.3, -0.25) is 4.99 Å². The fourth-order valence-electron chi connectivity index (χ4n) is 3.92. The molecule has 0 spiro atoms. The van der Waals surface area contributed by atoms with E-state index < -0.39 is 10.0 Å². The second-order valence-electron chi connectivity index (χ2n) is 7.77. The molecule has 6 nitrogen and oxygen atoms in total. The maximum Gasteiger partial charge on any atom is 0.268 e. The smallest absolute Gasteiger partial charge is 0.268 e. The first-order valence-corrected chi connectivity index (χ1v) is 11.9. The Balaban J connectivity index is 1.70. The van der Waals surface area contributed by atoms with Crippen LogP contribution >= 0.6 is 11.6 Å². The molecule has 2 heterocycles. The molecule has 4 aromatic rings. The highest BCUT2D eigenvalue weighted by Gasteiger charge is 2.28. The molecule has 0 bridgehead atoms. The standard InChI is InChI=1S/C24H20ClN3O3S/c1-15-2-8-19(9-3-15)32(30,31)28-14-17-10-11-26-20-12-21(24(29)23(28)22(17)20)27-13-16-4-6-18(25)7-5-16/h2-9,12-14,26,29H,10-11H2,1H3. The van der Waals surface area contributed by atoms with Crippen molar-refractivity contribution in [3.8, 4) is 5.75 Å². The topological polar surface area (TPSA) is 83.7 Å². The molecular weight excluding hydrogens is 446 g/mol. The lowest BCUT2D eigenvalue weighted by Crippen LogP contribution is -2.12. The molecular formula is C24H20ClN3O3S. The summed E-state index contributed by atoms with van der Waals surface area (Å²) in [5.74, 6) is -0.181. The number of aromatic hydroxyl groups is 1. The summed E-state index contributed by atoms with van der Waals surface area (Å²) in [4.78, 5) is 4.60. The van der Waals surface area contributed by atoms with Gasteiger partial charge in [0.2, 0.25) is 0 Å². The number of hydrogen-bond acceptors (Lipinski definition) is 5. The predicted molar refractivity (Wildman–Crippen MR) is 128 cm³/mol. The number of rotatable bonds is 4. The van der Waals surface area contributed by atoms with Gasteiger partial charge in [-0.15, -0.1) is 0 Å². The van der Waals surface area contributed by atoms with Gasteiger partial charge in [0.05, 0.1) is 4.90 Å². The number of nitrogens with one attached hydrogen (secondary N) is 1. The van der Waals surface area contributed by atoms with Crippen LogP contribution in [0.5, 0.6) is 5.75 Å². The van der Waals surface area contributed by atoms with Crippen LogP contribution in [0, 0.1) is 6.92 Å². The van der Waals surface area contributed by atoms with E-state index in [2.05, 4.69) is 10.3 Å². The molecule has 3 aromatic carbocycles. The highest BCUT2D eigenvalue weighted by Crippen LogP contribution is 2.44. The molecule has 1 aliphatic rings. The van der Waals surface area contributed by atoms with Gasteiger partial charge in [0, 0.05) is 35.1 Å². The summed E-state index contributed by atoms with van der Waals surface area (Å²) in [5.41, 5.74) is 3.90. The van der Waals surface area contributed by atoms with Crippen molar-refractivity contribution in [1.82, 2.24) is 3.97 Å². The van der Waals surface area contributed by atoms with Crippen LogP contribution in [0.3, 0.4) is 0 Å². The Hall–Kier alpha value is -3.29. The number of phenolic OH excluding ortho intramolecular Hbond substituents is 1. The lowest BCUT2D eigenvalue weighted by Gasteiger charge is -2.16. The molecule has 0 aliphatic carbocycles. The van der Waals surface area contributed by atoms with E-state index in [1.807, 2.05) is 19.1 Å². The van der Waals surface area contributed by atoms with Crippen LogP contribution < -0.4 is 5.32 Å². The second kappa shape index (κ2) is 7.69. The molecule has 8 heteroatoms. The highest BCUT2D eigenvalue weighted by molar-refractivity contribution is 7.90. The summed E-state index contributed by atoms with van der Waals surface area (Å²) in [6.07, 6.45) is 3.87. The first-order valence-electron chi connectivity index (χ1n) is 10.1. The maximum absolute atomic E-state index is 13.5. The van der Waals surface area contributed by atoms with E-state index in [-0.39, 0.29) is 21.8 Å². The van der Waals surface area contributed by atoms with Crippen LogP contribution in [0.4, 0.5) is 11.4 Å². The van der Waals surface area contributed by atoms with Crippen LogP contribution in [0.25, 0.3) is 10.9 Å². The van der Waals surface area contributed by atoms with Crippen LogP contribution in [0.1, 0.15) is 16.7 Å². The number of aryl methyl sites for hydroxylation is 1. The number of anilines is 1. The third-order valence-electron chi connectivity index (χ3n) is 5.58. The summed E-state index contributed by atoms with van der Waals surface area (Å²) in [7, 11) is -3.91. The van der Waals surface area contributed by atoms with Gasteiger partial charge < -0.3 is 10.4 Å². The minimum atomic E-state index is -3.91. The van der Waals surface area contributed by atoms with E-state index in [1.54, 1.807) is 54.9 Å². The van der Waals surface area contributed by atoms with Crippen LogP contribution in [0.15, 0.2) is 70.7 Å². The van der Waals surface area contributed by atoms with Gasteiger partial charge in [0.15, 0.2) is 5.75 Å². The Morgan fingerprint density at radius 3 is 2.56 bits per heavy atom. The SMILES string of the molecule is Cc1ccc(S(=O)(=O)n2cc3c4c(cc(N=Cc5ccc(Cl)cc5)c(O)c42)NCC3)cc1. The zero-order valence-electron chi connectivity index (χ0n) is 17.2. The normalized spacial score (nSPS) is 13.6. The van der Waals surface area contributed by atoms with E-state index >= 15 is 0 Å². The lowest BCUT2D eigenvalue weighted by atomic mass is 10.0. The molecule has 0 saturated heterocycles. The molecule has 0 fully saturated rings. The van der Waals surface area contributed by atoms with E-state index in [1.165, 1.54) is 3.97 Å². The summed E-state index contributed by atoms with van der Waals surface area (Å²) in [5, 5.41) is 15.7. The van der Waals surface area contributed by atoms with Gasteiger partial charge in [0.1, 0.15) is 11.2 Å². The Kier molecular flexibility index (Phi) is 4.95. The van der Waals surface area contributed by atoms with Crippen LogP contribution in [-0.2, 0) is 16.4 Å². The number of benzene rings is 3. The Bertz CT molecular complexity index is 1470. The molecule has 32 heavy (non-hydrogen) atoms. The molecule has 5 rings (SSSR count). The molecule has 2 N–H and O–H groups in total. The van der Waals surface area contributed by atoms with Crippen molar-refractivity contribution in [3.05, 3.63) is 82.5 Å². The zero-order chi connectivity index (χ0) is 22.5. The second-order valence-corrected chi connectivity index (χ2v) is 10.0. The average molecular weight is 466 g/mol. The molecule has 162 valence electrons. The fraction of sp³-hybridized carbons (Fsp3) is 0.125. The van der Waals surface area contributed by atoms with Crippen molar-refractivity contribution in [1.29, 1.82) is 0 Å². The fourth-order valence-corrected chi connectivity index (χ4v) is 5.44. The number of phenols is 1. The van der Waals surface area contributed by atoms with Crippen molar-refractivity contribution in [2.45, 2.75) is 18.2 Å². The highest BCUT2D eigenvalue weighted by atomic mass is 35.5. The van der Waals surface area contributed by atoms with Crippen molar-refractivity contribution >= 4 is 50.1 Å². The Morgan fingerprint density at radius 1 is 1.12 bits per heavy atom. The molecule has 0 radical (unpaired) electrons. The minimum absolute atomic E-state index is 0.162. The molecule has 0 amide bonds. The van der Waals surface area contributed by atoms with Gasteiger partial charge in [-0.25, -0.2) is 12.4 Å². The van der Waals surface area contributed by atoms with E-state index in [0.717, 1.165) is 22.4 Å². The average Bonchev–Trinajstić information content (AvgIpc) is 3.19. The Morgan fingerprint density at radius 2 is 1.84 bits per heavy atom. The number of aromatic nitrogens is 1. The van der Waals surface area contributed by atoms with Gasteiger partial charge >= 0.3 is 0 Å². The van der Waals surface area contributed by atoms with Crippen molar-refractivity contribution in [3.63, 3.8) is 0 Å². The first-order chi connectivity index (χ1) is 15.3. The van der Waals surface area contributed by atoms with Gasteiger partial charge in [0.25, 0.3) is 10.0 Å². The van der Waals surface area contributed by atoms with Crippen molar-refractivity contribution in [2.75, 3.05) is 11.9 Å². The largest absolute Gasteiger partial charge is 0.504 e. The van der Waals surface area contributed by atoms with Gasteiger partial charge in [-0.05, 0) is 54.8 Å².